The molecule has 0 bridgehead atoms. The number of sulfonamides is 1. The SMILES string of the molecule is COC(CNS(=O)(=O)c1ccccc1)n1nnc2ccccc21. The van der Waals surface area contributed by atoms with Crippen molar-refractivity contribution in [2.45, 2.75) is 11.1 Å². The maximum Gasteiger partial charge on any atom is 0.240 e. The number of rotatable bonds is 6. The second-order valence-electron chi connectivity index (χ2n) is 4.88. The predicted molar refractivity (Wildman–Crippen MR) is 85.2 cm³/mol. The van der Waals surface area contributed by atoms with Crippen molar-refractivity contribution in [2.75, 3.05) is 13.7 Å². The van der Waals surface area contributed by atoms with E-state index in [2.05, 4.69) is 15.0 Å². The number of aromatic nitrogens is 3. The lowest BCUT2D eigenvalue weighted by Crippen LogP contribution is -2.32. The van der Waals surface area contributed by atoms with E-state index in [1.54, 1.807) is 22.9 Å². The van der Waals surface area contributed by atoms with Crippen LogP contribution in [0.25, 0.3) is 11.0 Å². The van der Waals surface area contributed by atoms with Gasteiger partial charge in [-0.3, -0.25) is 0 Å². The first-order chi connectivity index (χ1) is 11.1. The van der Waals surface area contributed by atoms with Gasteiger partial charge in [-0.05, 0) is 24.3 Å². The van der Waals surface area contributed by atoms with E-state index < -0.39 is 16.3 Å². The highest BCUT2D eigenvalue weighted by Crippen LogP contribution is 2.16. The quantitative estimate of drug-likeness (QED) is 0.740. The topological polar surface area (TPSA) is 86.1 Å². The van der Waals surface area contributed by atoms with Crippen LogP contribution < -0.4 is 4.72 Å². The molecule has 1 atom stereocenters. The molecule has 7 nitrogen and oxygen atoms in total. The molecule has 0 aliphatic carbocycles. The number of benzene rings is 2. The van der Waals surface area contributed by atoms with Gasteiger partial charge in [0.1, 0.15) is 5.52 Å². The van der Waals surface area contributed by atoms with Gasteiger partial charge in [-0.25, -0.2) is 17.8 Å². The number of nitrogens with one attached hydrogen (secondary N) is 1. The zero-order valence-corrected chi connectivity index (χ0v) is 13.3. The highest BCUT2D eigenvalue weighted by molar-refractivity contribution is 7.89. The number of nitrogens with zero attached hydrogens (tertiary/aromatic N) is 3. The fraction of sp³-hybridized carbons (Fsp3) is 0.200. The fourth-order valence-electron chi connectivity index (χ4n) is 2.23. The monoisotopic (exact) mass is 332 g/mol. The third-order valence-corrected chi connectivity index (χ3v) is 4.86. The van der Waals surface area contributed by atoms with Crippen LogP contribution in [-0.4, -0.2) is 37.1 Å². The van der Waals surface area contributed by atoms with Gasteiger partial charge in [0.2, 0.25) is 10.0 Å². The van der Waals surface area contributed by atoms with E-state index in [0.29, 0.717) is 0 Å². The zero-order chi connectivity index (χ0) is 16.3. The zero-order valence-electron chi connectivity index (χ0n) is 12.5. The maximum atomic E-state index is 12.3. The summed E-state index contributed by atoms with van der Waals surface area (Å²) in [6, 6.07) is 15.6. The summed E-state index contributed by atoms with van der Waals surface area (Å²) >= 11 is 0. The normalized spacial score (nSPS) is 13.3. The Morgan fingerprint density at radius 2 is 1.83 bits per heavy atom. The lowest BCUT2D eigenvalue weighted by molar-refractivity contribution is 0.0406. The second kappa shape index (κ2) is 6.45. The van der Waals surface area contributed by atoms with Gasteiger partial charge < -0.3 is 4.74 Å². The van der Waals surface area contributed by atoms with Crippen LogP contribution in [0.1, 0.15) is 6.23 Å². The van der Waals surface area contributed by atoms with E-state index in [-0.39, 0.29) is 11.4 Å². The van der Waals surface area contributed by atoms with Crippen molar-refractivity contribution in [3.8, 4) is 0 Å². The van der Waals surface area contributed by atoms with Crippen molar-refractivity contribution in [1.82, 2.24) is 19.7 Å². The largest absolute Gasteiger partial charge is 0.358 e. The number of methoxy groups -OCH3 is 1. The van der Waals surface area contributed by atoms with Gasteiger partial charge in [-0.1, -0.05) is 35.5 Å². The average molecular weight is 332 g/mol. The smallest absolute Gasteiger partial charge is 0.240 e. The number of para-hydroxylation sites is 1. The van der Waals surface area contributed by atoms with Gasteiger partial charge in [0.05, 0.1) is 17.0 Å². The summed E-state index contributed by atoms with van der Waals surface area (Å²) in [5.74, 6) is 0. The Morgan fingerprint density at radius 3 is 2.57 bits per heavy atom. The maximum absolute atomic E-state index is 12.3. The van der Waals surface area contributed by atoms with Crippen LogP contribution in [0.4, 0.5) is 0 Å². The molecule has 0 saturated carbocycles. The van der Waals surface area contributed by atoms with E-state index in [1.165, 1.54) is 19.2 Å². The summed E-state index contributed by atoms with van der Waals surface area (Å²) in [7, 11) is -2.10. The Balaban J connectivity index is 1.81. The van der Waals surface area contributed by atoms with Crippen molar-refractivity contribution in [2.24, 2.45) is 0 Å². The molecule has 1 N–H and O–H groups in total. The highest BCUT2D eigenvalue weighted by Gasteiger charge is 2.19. The Hall–Kier alpha value is -2.29. The Morgan fingerprint density at radius 1 is 1.13 bits per heavy atom. The molecule has 0 amide bonds. The molecule has 2 aromatic carbocycles. The molecule has 0 aliphatic rings. The molecule has 0 radical (unpaired) electrons. The molecule has 0 spiro atoms. The molecule has 1 heterocycles. The van der Waals surface area contributed by atoms with Gasteiger partial charge in [-0.2, -0.15) is 0 Å². The number of hydrogen-bond acceptors (Lipinski definition) is 5. The molecule has 23 heavy (non-hydrogen) atoms. The average Bonchev–Trinajstić information content (AvgIpc) is 3.00. The lowest BCUT2D eigenvalue weighted by Gasteiger charge is -2.17. The van der Waals surface area contributed by atoms with Crippen LogP contribution >= 0.6 is 0 Å². The molecule has 3 rings (SSSR count). The first-order valence-corrected chi connectivity index (χ1v) is 8.47. The van der Waals surface area contributed by atoms with Gasteiger partial charge in [0.15, 0.2) is 6.23 Å². The Labute approximate surface area is 133 Å². The van der Waals surface area contributed by atoms with E-state index in [9.17, 15) is 8.42 Å². The van der Waals surface area contributed by atoms with Crippen molar-refractivity contribution < 1.29 is 13.2 Å². The molecular formula is C15H16N4O3S. The summed E-state index contributed by atoms with van der Waals surface area (Å²) < 4.78 is 34.0. The molecule has 0 saturated heterocycles. The molecule has 3 aromatic rings. The minimum Gasteiger partial charge on any atom is -0.358 e. The summed E-state index contributed by atoms with van der Waals surface area (Å²) in [6.07, 6.45) is -0.596. The van der Waals surface area contributed by atoms with E-state index in [0.717, 1.165) is 11.0 Å². The van der Waals surface area contributed by atoms with E-state index >= 15 is 0 Å². The molecule has 1 aromatic heterocycles. The van der Waals surface area contributed by atoms with Crippen LogP contribution in [0, 0.1) is 0 Å². The van der Waals surface area contributed by atoms with Crippen molar-refractivity contribution in [3.05, 3.63) is 54.6 Å². The molecule has 8 heteroatoms. The van der Waals surface area contributed by atoms with Crippen molar-refractivity contribution in [3.63, 3.8) is 0 Å². The van der Waals surface area contributed by atoms with Gasteiger partial charge in [0, 0.05) is 7.11 Å². The molecule has 120 valence electrons. The van der Waals surface area contributed by atoms with E-state index in [1.807, 2.05) is 24.3 Å². The first kappa shape index (κ1) is 15.6. The van der Waals surface area contributed by atoms with Crippen LogP contribution in [0.3, 0.4) is 0 Å². The third kappa shape index (κ3) is 3.24. The Kier molecular flexibility index (Phi) is 4.37. The van der Waals surface area contributed by atoms with Crippen LogP contribution in [0.2, 0.25) is 0 Å². The minimum absolute atomic E-state index is 0.0427. The van der Waals surface area contributed by atoms with Crippen LogP contribution in [0.5, 0.6) is 0 Å². The number of fused-ring (bicyclic) bond motifs is 1. The van der Waals surface area contributed by atoms with E-state index in [4.69, 9.17) is 4.74 Å². The van der Waals surface area contributed by atoms with Gasteiger partial charge >= 0.3 is 0 Å². The molecule has 1 unspecified atom stereocenters. The first-order valence-electron chi connectivity index (χ1n) is 6.99. The summed E-state index contributed by atoms with van der Waals surface area (Å²) in [5, 5.41) is 8.09. The molecular weight excluding hydrogens is 316 g/mol. The highest BCUT2D eigenvalue weighted by atomic mass is 32.2. The molecule has 0 aliphatic heterocycles. The summed E-state index contributed by atoms with van der Waals surface area (Å²) in [6.45, 7) is 0.0427. The lowest BCUT2D eigenvalue weighted by atomic mass is 10.3. The number of ether oxygens (including phenoxy) is 1. The van der Waals surface area contributed by atoms with Crippen LogP contribution in [0.15, 0.2) is 59.5 Å². The molecule has 0 fully saturated rings. The number of hydrogen-bond donors (Lipinski definition) is 1. The van der Waals surface area contributed by atoms with Crippen molar-refractivity contribution in [1.29, 1.82) is 0 Å². The predicted octanol–water partition coefficient (Wildman–Crippen LogP) is 1.55. The fourth-order valence-corrected chi connectivity index (χ4v) is 3.28. The van der Waals surface area contributed by atoms with Gasteiger partial charge in [-0.15, -0.1) is 5.10 Å². The standard InChI is InChI=1S/C15H16N4O3S/c1-22-15(19-14-10-6-5-9-13(14)17-18-19)11-16-23(20,21)12-7-3-2-4-8-12/h2-10,15-16H,11H2,1H3. The summed E-state index contributed by atoms with van der Waals surface area (Å²) in [5.41, 5.74) is 1.50. The Bertz CT molecular complexity index is 893. The second-order valence-corrected chi connectivity index (χ2v) is 6.64. The summed E-state index contributed by atoms with van der Waals surface area (Å²) in [4.78, 5) is 0.207. The van der Waals surface area contributed by atoms with Crippen molar-refractivity contribution >= 4 is 21.1 Å². The minimum atomic E-state index is -3.60. The third-order valence-electron chi connectivity index (χ3n) is 3.42. The van der Waals surface area contributed by atoms with Gasteiger partial charge in [0.25, 0.3) is 0 Å². The van der Waals surface area contributed by atoms with Crippen LogP contribution in [-0.2, 0) is 14.8 Å².